The molecule has 0 aromatic carbocycles. The summed E-state index contributed by atoms with van der Waals surface area (Å²) in [5.41, 5.74) is -0.694. The Kier molecular flexibility index (Phi) is 5.55. The van der Waals surface area contributed by atoms with Gasteiger partial charge in [0.05, 0.1) is 13.2 Å². The number of nitrogens with zero attached hydrogens (tertiary/aromatic N) is 2. The average Bonchev–Trinajstić information content (AvgIpc) is 2.49. The molecule has 1 amide bonds. The van der Waals surface area contributed by atoms with Crippen LogP contribution in [0.5, 0.6) is 0 Å². The van der Waals surface area contributed by atoms with Gasteiger partial charge in [-0.1, -0.05) is 13.8 Å². The Morgan fingerprint density at radius 1 is 1.35 bits per heavy atom. The Balaban J connectivity index is 2.19. The van der Waals surface area contributed by atoms with Crippen molar-refractivity contribution in [2.24, 2.45) is 5.92 Å². The molecule has 1 aromatic rings. The predicted octanol–water partition coefficient (Wildman–Crippen LogP) is -0.189. The van der Waals surface area contributed by atoms with Gasteiger partial charge in [-0.15, -0.1) is 0 Å². The lowest BCUT2D eigenvalue weighted by Crippen LogP contribution is -2.49. The van der Waals surface area contributed by atoms with Gasteiger partial charge in [-0.25, -0.2) is 4.72 Å². The van der Waals surface area contributed by atoms with E-state index in [0.29, 0.717) is 6.54 Å². The normalized spacial score (nSPS) is 16.5. The molecule has 0 radical (unpaired) electrons. The molecule has 128 valence electrons. The van der Waals surface area contributed by atoms with E-state index in [1.807, 2.05) is 18.6 Å². The van der Waals surface area contributed by atoms with Gasteiger partial charge >= 0.3 is 10.2 Å². The molecule has 2 rings (SSSR count). The number of carbonyl (C=O) groups is 1. The van der Waals surface area contributed by atoms with Crippen LogP contribution in [-0.4, -0.2) is 49.5 Å². The quantitative estimate of drug-likeness (QED) is 0.799. The summed E-state index contributed by atoms with van der Waals surface area (Å²) in [7, 11) is -3.98. The SMILES string of the molecule is CC(C)Cn1cccc(C(=O)NS(=O)(=O)N2CCOCC2)c1=O. The fraction of sp³-hybridized carbons (Fsp3) is 0.571. The van der Waals surface area contributed by atoms with Crippen LogP contribution in [0, 0.1) is 5.92 Å². The molecule has 1 aliphatic rings. The fourth-order valence-electron chi connectivity index (χ4n) is 2.27. The first-order valence-corrected chi connectivity index (χ1v) is 8.84. The third-order valence-electron chi connectivity index (χ3n) is 3.36. The lowest BCUT2D eigenvalue weighted by molar-refractivity contribution is 0.0719. The highest BCUT2D eigenvalue weighted by Crippen LogP contribution is 2.04. The molecule has 0 bridgehead atoms. The van der Waals surface area contributed by atoms with Crippen molar-refractivity contribution in [3.63, 3.8) is 0 Å². The van der Waals surface area contributed by atoms with Crippen LogP contribution in [0.3, 0.4) is 0 Å². The lowest BCUT2D eigenvalue weighted by Gasteiger charge is -2.25. The summed E-state index contributed by atoms with van der Waals surface area (Å²) in [5, 5.41) is 0. The maximum Gasteiger partial charge on any atom is 0.304 e. The van der Waals surface area contributed by atoms with Crippen LogP contribution in [0.2, 0.25) is 0 Å². The molecule has 23 heavy (non-hydrogen) atoms. The largest absolute Gasteiger partial charge is 0.379 e. The number of nitrogens with one attached hydrogen (secondary N) is 1. The van der Waals surface area contributed by atoms with E-state index >= 15 is 0 Å². The van der Waals surface area contributed by atoms with Crippen LogP contribution < -0.4 is 10.3 Å². The van der Waals surface area contributed by atoms with Gasteiger partial charge in [0.2, 0.25) is 0 Å². The van der Waals surface area contributed by atoms with Crippen molar-refractivity contribution in [1.29, 1.82) is 0 Å². The molecule has 2 heterocycles. The van der Waals surface area contributed by atoms with Crippen LogP contribution in [0.4, 0.5) is 0 Å². The van der Waals surface area contributed by atoms with Crippen molar-refractivity contribution in [3.8, 4) is 0 Å². The second-order valence-corrected chi connectivity index (χ2v) is 7.39. The van der Waals surface area contributed by atoms with Crippen LogP contribution in [0.25, 0.3) is 0 Å². The number of hydrogen-bond acceptors (Lipinski definition) is 5. The fourth-order valence-corrected chi connectivity index (χ4v) is 3.37. The summed E-state index contributed by atoms with van der Waals surface area (Å²) in [4.78, 5) is 24.5. The highest BCUT2D eigenvalue weighted by atomic mass is 32.2. The zero-order valence-corrected chi connectivity index (χ0v) is 14.0. The van der Waals surface area contributed by atoms with Gasteiger partial charge in [-0.05, 0) is 18.1 Å². The van der Waals surface area contributed by atoms with E-state index < -0.39 is 21.7 Å². The maximum atomic E-state index is 12.3. The average molecular weight is 343 g/mol. The summed E-state index contributed by atoms with van der Waals surface area (Å²) in [6, 6.07) is 2.88. The first-order valence-electron chi connectivity index (χ1n) is 7.40. The summed E-state index contributed by atoms with van der Waals surface area (Å²) in [6.45, 7) is 5.26. The lowest BCUT2D eigenvalue weighted by atomic mass is 10.2. The number of aromatic nitrogens is 1. The molecule has 1 aliphatic heterocycles. The van der Waals surface area contributed by atoms with Gasteiger partial charge in [-0.2, -0.15) is 12.7 Å². The number of amides is 1. The molecule has 1 saturated heterocycles. The van der Waals surface area contributed by atoms with Gasteiger partial charge < -0.3 is 9.30 Å². The first kappa shape index (κ1) is 17.6. The van der Waals surface area contributed by atoms with E-state index in [1.54, 1.807) is 12.3 Å². The summed E-state index contributed by atoms with van der Waals surface area (Å²) >= 11 is 0. The van der Waals surface area contributed by atoms with Crippen molar-refractivity contribution < 1.29 is 17.9 Å². The van der Waals surface area contributed by atoms with Crippen LogP contribution in [0.1, 0.15) is 24.2 Å². The smallest absolute Gasteiger partial charge is 0.304 e. The Morgan fingerprint density at radius 3 is 2.61 bits per heavy atom. The standard InChI is InChI=1S/C14H21N3O5S/c1-11(2)10-16-5-3-4-12(14(16)19)13(18)15-23(20,21)17-6-8-22-9-7-17/h3-5,11H,6-10H2,1-2H3,(H,15,18). The molecule has 9 heteroatoms. The minimum atomic E-state index is -3.98. The van der Waals surface area contributed by atoms with Gasteiger partial charge in [-0.3, -0.25) is 9.59 Å². The third kappa shape index (κ3) is 4.40. The summed E-state index contributed by atoms with van der Waals surface area (Å²) < 4.78 is 33.9. The Morgan fingerprint density at radius 2 is 2.00 bits per heavy atom. The van der Waals surface area contributed by atoms with Crippen LogP contribution in [-0.2, 0) is 21.5 Å². The minimum Gasteiger partial charge on any atom is -0.379 e. The summed E-state index contributed by atoms with van der Waals surface area (Å²) in [6.07, 6.45) is 1.58. The van der Waals surface area contributed by atoms with Crippen LogP contribution in [0.15, 0.2) is 23.1 Å². The molecule has 8 nitrogen and oxygen atoms in total. The number of ether oxygens (including phenoxy) is 1. The Bertz CT molecular complexity index is 720. The molecule has 1 fully saturated rings. The highest BCUT2D eigenvalue weighted by molar-refractivity contribution is 7.87. The molecule has 0 aliphatic carbocycles. The number of pyridine rings is 1. The summed E-state index contributed by atoms with van der Waals surface area (Å²) in [5.74, 6) is -0.692. The number of morpholine rings is 1. The highest BCUT2D eigenvalue weighted by Gasteiger charge is 2.27. The van der Waals surface area contributed by atoms with Gasteiger partial charge in [0.25, 0.3) is 11.5 Å². The molecular formula is C14H21N3O5S. The van der Waals surface area contributed by atoms with Crippen molar-refractivity contribution >= 4 is 16.1 Å². The van der Waals surface area contributed by atoms with Crippen molar-refractivity contribution in [3.05, 3.63) is 34.2 Å². The van der Waals surface area contributed by atoms with Gasteiger partial charge in [0, 0.05) is 25.8 Å². The molecular weight excluding hydrogens is 322 g/mol. The monoisotopic (exact) mass is 343 g/mol. The molecule has 0 saturated carbocycles. The predicted molar refractivity (Wildman–Crippen MR) is 84.3 cm³/mol. The van der Waals surface area contributed by atoms with E-state index in [4.69, 9.17) is 4.74 Å². The Hall–Kier alpha value is -1.71. The van der Waals surface area contributed by atoms with Gasteiger partial charge in [0.15, 0.2) is 0 Å². The third-order valence-corrected chi connectivity index (χ3v) is 4.85. The van der Waals surface area contributed by atoms with Crippen LogP contribution >= 0.6 is 0 Å². The minimum absolute atomic E-state index is 0.176. The maximum absolute atomic E-state index is 12.3. The number of carbonyl (C=O) groups excluding carboxylic acids is 1. The van der Waals surface area contributed by atoms with Crippen molar-refractivity contribution in [2.75, 3.05) is 26.3 Å². The molecule has 1 aromatic heterocycles. The van der Waals surface area contributed by atoms with Gasteiger partial charge in [0.1, 0.15) is 5.56 Å². The second-order valence-electron chi connectivity index (χ2n) is 5.72. The first-order chi connectivity index (χ1) is 10.8. The topological polar surface area (TPSA) is 97.7 Å². The van der Waals surface area contributed by atoms with E-state index in [0.717, 1.165) is 4.31 Å². The van der Waals surface area contributed by atoms with E-state index in [9.17, 15) is 18.0 Å². The number of rotatable bonds is 5. The molecule has 1 N–H and O–H groups in total. The van der Waals surface area contributed by atoms with E-state index in [-0.39, 0.29) is 37.8 Å². The van der Waals surface area contributed by atoms with Crippen molar-refractivity contribution in [1.82, 2.24) is 13.6 Å². The molecule has 0 atom stereocenters. The molecule has 0 unspecified atom stereocenters. The zero-order chi connectivity index (χ0) is 17.0. The number of hydrogen-bond donors (Lipinski definition) is 1. The van der Waals surface area contributed by atoms with E-state index in [1.165, 1.54) is 10.6 Å². The zero-order valence-electron chi connectivity index (χ0n) is 13.2. The van der Waals surface area contributed by atoms with E-state index in [2.05, 4.69) is 0 Å². The van der Waals surface area contributed by atoms with Crippen molar-refractivity contribution in [2.45, 2.75) is 20.4 Å². The molecule has 0 spiro atoms. The Labute approximate surface area is 135 Å². The second kappa shape index (κ2) is 7.24.